The van der Waals surface area contributed by atoms with Crippen LogP contribution in [0.4, 0.5) is 4.79 Å². The van der Waals surface area contributed by atoms with Crippen molar-refractivity contribution in [1.82, 2.24) is 15.5 Å². The summed E-state index contributed by atoms with van der Waals surface area (Å²) in [7, 11) is 0. The summed E-state index contributed by atoms with van der Waals surface area (Å²) < 4.78 is 0. The Labute approximate surface area is 136 Å². The molecule has 0 spiro atoms. The largest absolute Gasteiger partial charge is 0.480 e. The fraction of sp³-hybridized carbons (Fsp3) is 0.867. The van der Waals surface area contributed by atoms with E-state index < -0.39 is 5.97 Å². The summed E-state index contributed by atoms with van der Waals surface area (Å²) in [5.74, 6) is 2.23. The molecule has 22 heavy (non-hydrogen) atoms. The second-order valence-corrected chi connectivity index (χ2v) is 7.41. The van der Waals surface area contributed by atoms with Crippen molar-refractivity contribution in [1.29, 1.82) is 0 Å². The van der Waals surface area contributed by atoms with E-state index in [-0.39, 0.29) is 24.7 Å². The molecular weight excluding hydrogens is 302 g/mol. The van der Waals surface area contributed by atoms with Crippen LogP contribution >= 0.6 is 11.8 Å². The molecule has 6 nitrogen and oxygen atoms in total. The second-order valence-electron chi connectivity index (χ2n) is 6.19. The topological polar surface area (TPSA) is 81.7 Å². The molecule has 0 unspecified atom stereocenters. The van der Waals surface area contributed by atoms with Crippen molar-refractivity contribution in [2.45, 2.75) is 44.7 Å². The number of hydrogen-bond acceptors (Lipinski definition) is 4. The van der Waals surface area contributed by atoms with Crippen molar-refractivity contribution in [3.63, 3.8) is 0 Å². The predicted octanol–water partition coefficient (Wildman–Crippen LogP) is 1.37. The standard InChI is InChI=1S/C15H27N3O3S/c1-2-18(10-14(19)20)13-7-12(8-13)17-15(21)16-9-11-3-5-22-6-4-11/h11-13H,2-10H2,1H3,(H,19,20)(H2,16,17,21). The molecule has 7 heteroatoms. The minimum absolute atomic E-state index is 0.0806. The van der Waals surface area contributed by atoms with Gasteiger partial charge in [-0.1, -0.05) is 6.92 Å². The van der Waals surface area contributed by atoms with Crippen molar-refractivity contribution in [3.05, 3.63) is 0 Å². The number of thioether (sulfide) groups is 1. The van der Waals surface area contributed by atoms with Gasteiger partial charge in [-0.3, -0.25) is 9.69 Å². The van der Waals surface area contributed by atoms with Crippen LogP contribution in [-0.4, -0.2) is 65.2 Å². The summed E-state index contributed by atoms with van der Waals surface area (Å²) in [6.45, 7) is 3.55. The molecule has 126 valence electrons. The van der Waals surface area contributed by atoms with Crippen LogP contribution in [0, 0.1) is 5.92 Å². The zero-order chi connectivity index (χ0) is 15.9. The molecule has 0 radical (unpaired) electrons. The first-order valence-electron chi connectivity index (χ1n) is 8.16. The molecule has 1 heterocycles. The van der Waals surface area contributed by atoms with Gasteiger partial charge in [0.25, 0.3) is 0 Å². The Morgan fingerprint density at radius 1 is 1.27 bits per heavy atom. The molecular formula is C15H27N3O3S. The van der Waals surface area contributed by atoms with Crippen LogP contribution in [0.5, 0.6) is 0 Å². The number of carbonyl (C=O) groups is 2. The average molecular weight is 329 g/mol. The Kier molecular flexibility index (Phi) is 6.82. The first-order chi connectivity index (χ1) is 10.6. The lowest BCUT2D eigenvalue weighted by atomic mass is 9.85. The summed E-state index contributed by atoms with van der Waals surface area (Å²) in [6, 6.07) is 0.375. The van der Waals surface area contributed by atoms with Crippen LogP contribution < -0.4 is 10.6 Å². The third-order valence-corrected chi connectivity index (χ3v) is 5.65. The van der Waals surface area contributed by atoms with Crippen LogP contribution in [0.3, 0.4) is 0 Å². The van der Waals surface area contributed by atoms with Crippen LogP contribution in [0.25, 0.3) is 0 Å². The quantitative estimate of drug-likeness (QED) is 0.657. The molecule has 0 atom stereocenters. The van der Waals surface area contributed by atoms with Crippen molar-refractivity contribution < 1.29 is 14.7 Å². The summed E-state index contributed by atoms with van der Waals surface area (Å²) in [5, 5.41) is 14.8. The Balaban J connectivity index is 1.60. The fourth-order valence-electron chi connectivity index (χ4n) is 3.10. The lowest BCUT2D eigenvalue weighted by Crippen LogP contribution is -2.56. The number of carboxylic acids is 1. The van der Waals surface area contributed by atoms with E-state index in [0.717, 1.165) is 25.9 Å². The van der Waals surface area contributed by atoms with Gasteiger partial charge in [-0.05, 0) is 49.7 Å². The molecule has 3 N–H and O–H groups in total. The van der Waals surface area contributed by atoms with Crippen LogP contribution in [0.1, 0.15) is 32.6 Å². The normalized spacial score (nSPS) is 25.5. The third-order valence-electron chi connectivity index (χ3n) is 4.60. The molecule has 2 amide bonds. The highest BCUT2D eigenvalue weighted by Gasteiger charge is 2.34. The number of amides is 2. The molecule has 2 fully saturated rings. The number of carboxylic acid groups (broad SMARTS) is 1. The number of nitrogens with one attached hydrogen (secondary N) is 2. The van der Waals surface area contributed by atoms with Crippen LogP contribution in [-0.2, 0) is 4.79 Å². The molecule has 0 bridgehead atoms. The zero-order valence-corrected chi connectivity index (χ0v) is 14.0. The number of carbonyl (C=O) groups excluding carboxylic acids is 1. The van der Waals surface area contributed by atoms with Crippen molar-refractivity contribution in [3.8, 4) is 0 Å². The average Bonchev–Trinajstić information content (AvgIpc) is 2.47. The molecule has 1 aliphatic heterocycles. The number of likely N-dealkylation sites (N-methyl/N-ethyl adjacent to an activating group) is 1. The Morgan fingerprint density at radius 2 is 1.95 bits per heavy atom. The SMILES string of the molecule is CCN(CC(=O)O)C1CC(NC(=O)NCC2CCSCC2)C1. The monoisotopic (exact) mass is 329 g/mol. The van der Waals surface area contributed by atoms with Gasteiger partial charge in [-0.25, -0.2) is 4.79 Å². The summed E-state index contributed by atoms with van der Waals surface area (Å²) >= 11 is 1.99. The lowest BCUT2D eigenvalue weighted by Gasteiger charge is -2.42. The first-order valence-corrected chi connectivity index (χ1v) is 9.32. The molecule has 2 rings (SSSR count). The lowest BCUT2D eigenvalue weighted by molar-refractivity contribution is -0.139. The summed E-state index contributed by atoms with van der Waals surface area (Å²) in [4.78, 5) is 24.6. The molecule has 0 aromatic carbocycles. The van der Waals surface area contributed by atoms with Crippen LogP contribution in [0.2, 0.25) is 0 Å². The minimum Gasteiger partial charge on any atom is -0.480 e. The Morgan fingerprint density at radius 3 is 2.55 bits per heavy atom. The molecule has 0 aromatic heterocycles. The Hall–Kier alpha value is -0.950. The zero-order valence-electron chi connectivity index (χ0n) is 13.2. The van der Waals surface area contributed by atoms with Gasteiger partial charge in [0.15, 0.2) is 0 Å². The second kappa shape index (κ2) is 8.62. The number of hydrogen-bond donors (Lipinski definition) is 3. The maximum atomic E-state index is 11.9. The Bertz CT molecular complexity index is 382. The molecule has 1 aliphatic carbocycles. The van der Waals surface area contributed by atoms with Crippen molar-refractivity contribution in [2.75, 3.05) is 31.1 Å². The fourth-order valence-corrected chi connectivity index (χ4v) is 4.30. The van der Waals surface area contributed by atoms with E-state index in [9.17, 15) is 9.59 Å². The van der Waals surface area contributed by atoms with Gasteiger partial charge in [0.2, 0.25) is 0 Å². The number of aliphatic carboxylic acids is 1. The van der Waals surface area contributed by atoms with E-state index in [4.69, 9.17) is 5.11 Å². The van der Waals surface area contributed by atoms with E-state index in [1.165, 1.54) is 24.3 Å². The van der Waals surface area contributed by atoms with E-state index in [1.54, 1.807) is 0 Å². The highest BCUT2D eigenvalue weighted by atomic mass is 32.2. The van der Waals surface area contributed by atoms with Gasteiger partial charge in [-0.2, -0.15) is 11.8 Å². The van der Waals surface area contributed by atoms with E-state index in [0.29, 0.717) is 5.92 Å². The maximum absolute atomic E-state index is 11.9. The molecule has 0 aromatic rings. The van der Waals surface area contributed by atoms with Crippen molar-refractivity contribution >= 4 is 23.8 Å². The highest BCUT2D eigenvalue weighted by Crippen LogP contribution is 2.25. The number of urea groups is 1. The number of rotatable bonds is 7. The summed E-state index contributed by atoms with van der Waals surface area (Å²) in [5.41, 5.74) is 0. The van der Waals surface area contributed by atoms with Gasteiger partial charge in [0, 0.05) is 18.6 Å². The van der Waals surface area contributed by atoms with Gasteiger partial charge in [0.05, 0.1) is 6.54 Å². The maximum Gasteiger partial charge on any atom is 0.317 e. The third kappa shape index (κ3) is 5.35. The smallest absolute Gasteiger partial charge is 0.317 e. The van der Waals surface area contributed by atoms with Gasteiger partial charge >= 0.3 is 12.0 Å². The van der Waals surface area contributed by atoms with Crippen molar-refractivity contribution in [2.24, 2.45) is 5.92 Å². The van der Waals surface area contributed by atoms with Gasteiger partial charge in [0.1, 0.15) is 0 Å². The number of nitrogens with zero attached hydrogens (tertiary/aromatic N) is 1. The summed E-state index contributed by atoms with van der Waals surface area (Å²) in [6.07, 6.45) is 4.07. The van der Waals surface area contributed by atoms with Gasteiger partial charge < -0.3 is 15.7 Å². The van der Waals surface area contributed by atoms with E-state index in [2.05, 4.69) is 10.6 Å². The highest BCUT2D eigenvalue weighted by molar-refractivity contribution is 7.99. The molecule has 1 saturated heterocycles. The molecule has 2 aliphatic rings. The van der Waals surface area contributed by atoms with E-state index >= 15 is 0 Å². The van der Waals surface area contributed by atoms with Gasteiger partial charge in [-0.15, -0.1) is 0 Å². The van der Waals surface area contributed by atoms with Crippen LogP contribution in [0.15, 0.2) is 0 Å². The minimum atomic E-state index is -0.790. The first kappa shape index (κ1) is 17.4. The van der Waals surface area contributed by atoms with E-state index in [1.807, 2.05) is 23.6 Å². The predicted molar refractivity (Wildman–Crippen MR) is 88.3 cm³/mol. The molecule has 1 saturated carbocycles.